The Kier molecular flexibility index (Phi) is 9.12. The Hall–Kier alpha value is -1.55. The van der Waals surface area contributed by atoms with Crippen LogP contribution in [0.1, 0.15) is 25.3 Å². The lowest BCUT2D eigenvalue weighted by molar-refractivity contribution is 0.169. The molecular formula is C19H30IN5O2. The molecule has 150 valence electrons. The van der Waals surface area contributed by atoms with Crippen molar-refractivity contribution in [2.75, 3.05) is 39.3 Å². The van der Waals surface area contributed by atoms with E-state index in [0.717, 1.165) is 69.6 Å². The summed E-state index contributed by atoms with van der Waals surface area (Å²) in [6, 6.07) is 5.87. The van der Waals surface area contributed by atoms with Crippen LogP contribution in [0.2, 0.25) is 0 Å². The van der Waals surface area contributed by atoms with Gasteiger partial charge >= 0.3 is 0 Å². The molecule has 1 aliphatic rings. The number of furan rings is 1. The Bertz CT molecular complexity index is 650. The van der Waals surface area contributed by atoms with Crippen molar-refractivity contribution in [1.29, 1.82) is 0 Å². The van der Waals surface area contributed by atoms with E-state index < -0.39 is 0 Å². The highest BCUT2D eigenvalue weighted by molar-refractivity contribution is 14.0. The van der Waals surface area contributed by atoms with Crippen molar-refractivity contribution < 1.29 is 8.94 Å². The van der Waals surface area contributed by atoms with E-state index in [9.17, 15) is 0 Å². The monoisotopic (exact) mass is 487 g/mol. The van der Waals surface area contributed by atoms with Crippen molar-refractivity contribution in [3.63, 3.8) is 0 Å². The van der Waals surface area contributed by atoms with Crippen LogP contribution in [0.25, 0.3) is 0 Å². The Balaban J connectivity index is 0.00000261. The third kappa shape index (κ3) is 7.17. The van der Waals surface area contributed by atoms with Gasteiger partial charge in [0.15, 0.2) is 5.96 Å². The molecule has 0 radical (unpaired) electrons. The number of hydrogen-bond donors (Lipinski definition) is 1. The molecule has 0 bridgehead atoms. The van der Waals surface area contributed by atoms with Gasteiger partial charge in [-0.25, -0.2) is 0 Å². The molecule has 2 aromatic rings. The van der Waals surface area contributed by atoms with E-state index in [1.807, 2.05) is 18.2 Å². The quantitative estimate of drug-likeness (QED) is 0.368. The number of guanidine groups is 1. The van der Waals surface area contributed by atoms with Gasteiger partial charge in [0.2, 0.25) is 0 Å². The van der Waals surface area contributed by atoms with E-state index in [1.165, 1.54) is 0 Å². The van der Waals surface area contributed by atoms with E-state index in [2.05, 4.69) is 34.1 Å². The van der Waals surface area contributed by atoms with Crippen LogP contribution >= 0.6 is 24.0 Å². The lowest BCUT2D eigenvalue weighted by Crippen LogP contribution is -2.52. The topological polar surface area (TPSA) is 70.0 Å². The summed E-state index contributed by atoms with van der Waals surface area (Å²) in [4.78, 5) is 9.57. The van der Waals surface area contributed by atoms with Crippen molar-refractivity contribution in [2.45, 2.75) is 26.8 Å². The summed E-state index contributed by atoms with van der Waals surface area (Å²) >= 11 is 0. The number of hydrogen-bond acceptors (Lipinski definition) is 5. The van der Waals surface area contributed by atoms with Gasteiger partial charge in [-0.2, -0.15) is 0 Å². The minimum absolute atomic E-state index is 0. The molecule has 0 aliphatic carbocycles. The zero-order chi connectivity index (χ0) is 18.2. The zero-order valence-corrected chi connectivity index (χ0v) is 18.5. The Labute approximate surface area is 178 Å². The van der Waals surface area contributed by atoms with Crippen molar-refractivity contribution in [2.24, 2.45) is 10.9 Å². The SMILES string of the molecule is CC(C)CN=C(NCCc1ccco1)N1CCN(Cc2ccon2)CC1.I. The first kappa shape index (κ1) is 21.7. The Morgan fingerprint density at radius 2 is 2.04 bits per heavy atom. The molecule has 0 aromatic carbocycles. The smallest absolute Gasteiger partial charge is 0.194 e. The van der Waals surface area contributed by atoms with Crippen molar-refractivity contribution in [3.05, 3.63) is 42.2 Å². The highest BCUT2D eigenvalue weighted by Crippen LogP contribution is 2.08. The number of nitrogens with one attached hydrogen (secondary N) is 1. The molecule has 0 atom stereocenters. The first-order chi connectivity index (χ1) is 12.7. The zero-order valence-electron chi connectivity index (χ0n) is 16.1. The van der Waals surface area contributed by atoms with E-state index in [-0.39, 0.29) is 24.0 Å². The van der Waals surface area contributed by atoms with E-state index in [1.54, 1.807) is 12.5 Å². The molecule has 0 saturated carbocycles. The fourth-order valence-electron chi connectivity index (χ4n) is 2.96. The Morgan fingerprint density at radius 1 is 1.22 bits per heavy atom. The molecule has 8 heteroatoms. The van der Waals surface area contributed by atoms with Gasteiger partial charge < -0.3 is 19.2 Å². The number of aromatic nitrogens is 1. The number of nitrogens with zero attached hydrogens (tertiary/aromatic N) is 4. The first-order valence-corrected chi connectivity index (χ1v) is 9.38. The molecule has 1 aliphatic heterocycles. The summed E-state index contributed by atoms with van der Waals surface area (Å²) in [5.41, 5.74) is 0.990. The largest absolute Gasteiger partial charge is 0.469 e. The number of aliphatic imine (C=N–C) groups is 1. The second kappa shape index (κ2) is 11.3. The van der Waals surface area contributed by atoms with E-state index in [4.69, 9.17) is 13.9 Å². The third-order valence-electron chi connectivity index (χ3n) is 4.39. The second-order valence-electron chi connectivity index (χ2n) is 7.07. The van der Waals surface area contributed by atoms with Gasteiger partial charge in [-0.15, -0.1) is 24.0 Å². The maximum absolute atomic E-state index is 5.41. The second-order valence-corrected chi connectivity index (χ2v) is 7.07. The molecule has 1 saturated heterocycles. The summed E-state index contributed by atoms with van der Waals surface area (Å²) in [5.74, 6) is 2.55. The van der Waals surface area contributed by atoms with Crippen molar-refractivity contribution >= 4 is 29.9 Å². The van der Waals surface area contributed by atoms with Crippen LogP contribution in [0.3, 0.4) is 0 Å². The van der Waals surface area contributed by atoms with Gasteiger partial charge in [-0.3, -0.25) is 9.89 Å². The van der Waals surface area contributed by atoms with Gasteiger partial charge in [0.1, 0.15) is 12.0 Å². The Morgan fingerprint density at radius 3 is 2.67 bits per heavy atom. The van der Waals surface area contributed by atoms with Crippen LogP contribution in [0.4, 0.5) is 0 Å². The van der Waals surface area contributed by atoms with Crippen LogP contribution in [0.15, 0.2) is 44.7 Å². The molecule has 27 heavy (non-hydrogen) atoms. The molecule has 3 heterocycles. The maximum Gasteiger partial charge on any atom is 0.194 e. The number of rotatable bonds is 7. The molecule has 1 N–H and O–H groups in total. The van der Waals surface area contributed by atoms with Crippen LogP contribution in [-0.2, 0) is 13.0 Å². The third-order valence-corrected chi connectivity index (χ3v) is 4.39. The van der Waals surface area contributed by atoms with Crippen LogP contribution in [0.5, 0.6) is 0 Å². The van der Waals surface area contributed by atoms with Gasteiger partial charge in [0, 0.05) is 58.3 Å². The molecule has 0 amide bonds. The minimum Gasteiger partial charge on any atom is -0.469 e. The molecule has 3 rings (SSSR count). The van der Waals surface area contributed by atoms with Gasteiger partial charge in [-0.05, 0) is 18.1 Å². The normalized spacial score (nSPS) is 15.8. The summed E-state index contributed by atoms with van der Waals surface area (Å²) in [6.07, 6.45) is 4.21. The average molecular weight is 487 g/mol. The summed E-state index contributed by atoms with van der Waals surface area (Å²) in [7, 11) is 0. The van der Waals surface area contributed by atoms with Crippen molar-refractivity contribution in [3.8, 4) is 0 Å². The molecule has 1 fully saturated rings. The summed E-state index contributed by atoms with van der Waals surface area (Å²) < 4.78 is 10.3. The van der Waals surface area contributed by atoms with Crippen LogP contribution < -0.4 is 5.32 Å². The number of halogens is 1. The minimum atomic E-state index is 0. The predicted molar refractivity (Wildman–Crippen MR) is 116 cm³/mol. The first-order valence-electron chi connectivity index (χ1n) is 9.38. The van der Waals surface area contributed by atoms with E-state index >= 15 is 0 Å². The highest BCUT2D eigenvalue weighted by atomic mass is 127. The predicted octanol–water partition coefficient (Wildman–Crippen LogP) is 2.85. The fraction of sp³-hybridized carbons (Fsp3) is 0.579. The lowest BCUT2D eigenvalue weighted by Gasteiger charge is -2.36. The molecular weight excluding hydrogens is 457 g/mol. The van der Waals surface area contributed by atoms with Crippen LogP contribution in [0, 0.1) is 5.92 Å². The molecule has 2 aromatic heterocycles. The molecule has 7 nitrogen and oxygen atoms in total. The standard InChI is InChI=1S/C19H29N5O2.HI/c1-16(2)14-21-19(20-7-5-18-4-3-12-25-18)24-10-8-23(9-11-24)15-17-6-13-26-22-17;/h3-4,6,12-13,16H,5,7-11,14-15H2,1-2H3,(H,20,21);1H. The highest BCUT2D eigenvalue weighted by Gasteiger charge is 2.20. The number of piperazine rings is 1. The summed E-state index contributed by atoms with van der Waals surface area (Å²) in [6.45, 7) is 10.8. The molecule has 0 spiro atoms. The maximum atomic E-state index is 5.41. The van der Waals surface area contributed by atoms with Gasteiger partial charge in [0.25, 0.3) is 0 Å². The summed E-state index contributed by atoms with van der Waals surface area (Å²) in [5, 5.41) is 7.52. The van der Waals surface area contributed by atoms with Crippen molar-refractivity contribution in [1.82, 2.24) is 20.3 Å². The van der Waals surface area contributed by atoms with E-state index in [0.29, 0.717) is 5.92 Å². The molecule has 0 unspecified atom stereocenters. The van der Waals surface area contributed by atoms with Gasteiger partial charge in [-0.1, -0.05) is 19.0 Å². The van der Waals surface area contributed by atoms with Crippen LogP contribution in [-0.4, -0.2) is 60.2 Å². The average Bonchev–Trinajstić information content (AvgIpc) is 3.32. The lowest BCUT2D eigenvalue weighted by atomic mass is 10.2. The fourth-order valence-corrected chi connectivity index (χ4v) is 2.96. The van der Waals surface area contributed by atoms with Gasteiger partial charge in [0.05, 0.1) is 12.0 Å².